The minimum Gasteiger partial charge on any atom is -0.370 e. The Morgan fingerprint density at radius 3 is 2.11 bits per heavy atom. The molecule has 0 aromatic rings. The van der Waals surface area contributed by atoms with Crippen LogP contribution in [-0.4, -0.2) is 29.8 Å². The molecule has 0 saturated carbocycles. The smallest absolute Gasteiger partial charge is 0.240 e. The molecule has 0 aromatic heterocycles. The first-order valence-electron chi connectivity index (χ1n) is 5.87. The SMILES string of the molecule is CC(C)C[C@H](NC(=O)[C@@H](N)CCC(N)=O)C(N)=O. The molecule has 0 aromatic carbocycles. The summed E-state index contributed by atoms with van der Waals surface area (Å²) in [4.78, 5) is 33.4. The molecule has 7 nitrogen and oxygen atoms in total. The maximum atomic E-state index is 11.7. The van der Waals surface area contributed by atoms with Gasteiger partial charge < -0.3 is 22.5 Å². The summed E-state index contributed by atoms with van der Waals surface area (Å²) in [5.74, 6) is -1.41. The summed E-state index contributed by atoms with van der Waals surface area (Å²) in [7, 11) is 0. The van der Waals surface area contributed by atoms with Gasteiger partial charge >= 0.3 is 0 Å². The summed E-state index contributed by atoms with van der Waals surface area (Å²) >= 11 is 0. The second kappa shape index (κ2) is 7.65. The second-order valence-corrected chi connectivity index (χ2v) is 4.70. The van der Waals surface area contributed by atoms with Crippen molar-refractivity contribution in [2.24, 2.45) is 23.1 Å². The van der Waals surface area contributed by atoms with E-state index in [0.29, 0.717) is 6.42 Å². The van der Waals surface area contributed by atoms with Crippen molar-refractivity contribution in [2.45, 2.75) is 45.2 Å². The molecule has 7 heteroatoms. The number of carbonyl (C=O) groups is 3. The number of amides is 3. The molecule has 2 atom stereocenters. The van der Waals surface area contributed by atoms with E-state index in [1.165, 1.54) is 0 Å². The third-order valence-electron chi connectivity index (χ3n) is 2.41. The third kappa shape index (κ3) is 6.85. The Bertz CT molecular complexity index is 317. The molecular weight excluding hydrogens is 236 g/mol. The molecule has 0 saturated heterocycles. The molecule has 0 radical (unpaired) electrons. The first kappa shape index (κ1) is 16.4. The molecular formula is C11H22N4O3. The molecule has 0 aliphatic carbocycles. The van der Waals surface area contributed by atoms with Crippen LogP contribution < -0.4 is 22.5 Å². The normalized spacial score (nSPS) is 14.0. The van der Waals surface area contributed by atoms with Gasteiger partial charge in [-0.3, -0.25) is 14.4 Å². The fraction of sp³-hybridized carbons (Fsp3) is 0.727. The van der Waals surface area contributed by atoms with Crippen molar-refractivity contribution < 1.29 is 14.4 Å². The third-order valence-corrected chi connectivity index (χ3v) is 2.41. The van der Waals surface area contributed by atoms with Gasteiger partial charge in [-0.15, -0.1) is 0 Å². The van der Waals surface area contributed by atoms with E-state index in [4.69, 9.17) is 17.2 Å². The van der Waals surface area contributed by atoms with E-state index in [0.717, 1.165) is 0 Å². The first-order valence-corrected chi connectivity index (χ1v) is 5.87. The molecule has 3 amide bonds. The van der Waals surface area contributed by atoms with E-state index < -0.39 is 29.8 Å². The summed E-state index contributed by atoms with van der Waals surface area (Å²) < 4.78 is 0. The van der Waals surface area contributed by atoms with Gasteiger partial charge in [0.25, 0.3) is 0 Å². The number of carbonyl (C=O) groups excluding carboxylic acids is 3. The second-order valence-electron chi connectivity index (χ2n) is 4.70. The topological polar surface area (TPSA) is 141 Å². The Morgan fingerprint density at radius 1 is 1.17 bits per heavy atom. The Morgan fingerprint density at radius 2 is 1.72 bits per heavy atom. The highest BCUT2D eigenvalue weighted by atomic mass is 16.2. The van der Waals surface area contributed by atoms with Crippen LogP contribution >= 0.6 is 0 Å². The van der Waals surface area contributed by atoms with Crippen molar-refractivity contribution in [1.29, 1.82) is 0 Å². The van der Waals surface area contributed by atoms with Gasteiger partial charge in [0.1, 0.15) is 6.04 Å². The van der Waals surface area contributed by atoms with Crippen molar-refractivity contribution in [3.8, 4) is 0 Å². The Kier molecular flexibility index (Phi) is 6.96. The predicted molar refractivity (Wildman–Crippen MR) is 67.0 cm³/mol. The van der Waals surface area contributed by atoms with E-state index in [2.05, 4.69) is 5.32 Å². The molecule has 0 rings (SSSR count). The quantitative estimate of drug-likeness (QED) is 0.424. The van der Waals surface area contributed by atoms with Crippen molar-refractivity contribution in [3.63, 3.8) is 0 Å². The van der Waals surface area contributed by atoms with Gasteiger partial charge in [0.05, 0.1) is 6.04 Å². The summed E-state index contributed by atoms with van der Waals surface area (Å²) in [5, 5.41) is 2.48. The molecule has 18 heavy (non-hydrogen) atoms. The summed E-state index contributed by atoms with van der Waals surface area (Å²) in [5.41, 5.74) is 15.7. The van der Waals surface area contributed by atoms with Crippen LogP contribution in [0.15, 0.2) is 0 Å². The van der Waals surface area contributed by atoms with Crippen LogP contribution in [0.5, 0.6) is 0 Å². The van der Waals surface area contributed by atoms with Crippen LogP contribution in [0, 0.1) is 5.92 Å². The van der Waals surface area contributed by atoms with Gasteiger partial charge in [-0.05, 0) is 18.8 Å². The highest BCUT2D eigenvalue weighted by molar-refractivity contribution is 5.89. The molecule has 0 bridgehead atoms. The summed E-state index contributed by atoms with van der Waals surface area (Å²) in [6, 6.07) is -1.61. The summed E-state index contributed by atoms with van der Waals surface area (Å²) in [6.07, 6.45) is 0.623. The zero-order chi connectivity index (χ0) is 14.3. The number of nitrogens with one attached hydrogen (secondary N) is 1. The highest BCUT2D eigenvalue weighted by Gasteiger charge is 2.22. The Balaban J connectivity index is 4.31. The van der Waals surface area contributed by atoms with Crippen LogP contribution in [-0.2, 0) is 14.4 Å². The molecule has 0 heterocycles. The zero-order valence-electron chi connectivity index (χ0n) is 10.8. The zero-order valence-corrected chi connectivity index (χ0v) is 10.8. The number of hydrogen-bond donors (Lipinski definition) is 4. The molecule has 7 N–H and O–H groups in total. The molecule has 0 spiro atoms. The molecule has 0 fully saturated rings. The van der Waals surface area contributed by atoms with E-state index in [1.54, 1.807) is 0 Å². The number of rotatable bonds is 8. The van der Waals surface area contributed by atoms with Gasteiger partial charge in [-0.1, -0.05) is 13.8 Å². The molecule has 104 valence electrons. The van der Waals surface area contributed by atoms with Crippen LogP contribution in [0.2, 0.25) is 0 Å². The minimum absolute atomic E-state index is 0.0278. The van der Waals surface area contributed by atoms with Crippen LogP contribution in [0.1, 0.15) is 33.1 Å². The van der Waals surface area contributed by atoms with Crippen molar-refractivity contribution >= 4 is 17.7 Å². The maximum Gasteiger partial charge on any atom is 0.240 e. The number of nitrogens with two attached hydrogens (primary N) is 3. The average molecular weight is 258 g/mol. The van der Waals surface area contributed by atoms with Gasteiger partial charge in [-0.25, -0.2) is 0 Å². The summed E-state index contributed by atoms with van der Waals surface area (Å²) in [6.45, 7) is 3.82. The lowest BCUT2D eigenvalue weighted by Crippen LogP contribution is -2.51. The lowest BCUT2D eigenvalue weighted by Gasteiger charge is -2.19. The molecule has 0 aliphatic heterocycles. The fourth-order valence-corrected chi connectivity index (χ4v) is 1.43. The lowest BCUT2D eigenvalue weighted by atomic mass is 10.0. The standard InChI is InChI=1S/C11H22N4O3/c1-6(2)5-8(10(14)17)15-11(18)7(12)3-4-9(13)16/h6-8H,3-5,12H2,1-2H3,(H2,13,16)(H2,14,17)(H,15,18)/t7-,8-/m0/s1. The van der Waals surface area contributed by atoms with Gasteiger partial charge in [0.15, 0.2) is 0 Å². The van der Waals surface area contributed by atoms with Crippen molar-refractivity contribution in [1.82, 2.24) is 5.32 Å². The van der Waals surface area contributed by atoms with E-state index in [9.17, 15) is 14.4 Å². The van der Waals surface area contributed by atoms with Crippen molar-refractivity contribution in [2.75, 3.05) is 0 Å². The monoisotopic (exact) mass is 258 g/mol. The Labute approximate surface area is 106 Å². The lowest BCUT2D eigenvalue weighted by molar-refractivity contribution is -0.128. The van der Waals surface area contributed by atoms with E-state index in [1.807, 2.05) is 13.8 Å². The fourth-order valence-electron chi connectivity index (χ4n) is 1.43. The van der Waals surface area contributed by atoms with Crippen LogP contribution in [0.4, 0.5) is 0 Å². The number of hydrogen-bond acceptors (Lipinski definition) is 4. The van der Waals surface area contributed by atoms with Gasteiger partial charge in [-0.2, -0.15) is 0 Å². The predicted octanol–water partition coefficient (Wildman–Crippen LogP) is -1.40. The maximum absolute atomic E-state index is 11.7. The number of primary amides is 2. The van der Waals surface area contributed by atoms with E-state index in [-0.39, 0.29) is 18.8 Å². The van der Waals surface area contributed by atoms with Crippen molar-refractivity contribution in [3.05, 3.63) is 0 Å². The Hall–Kier alpha value is -1.63. The largest absolute Gasteiger partial charge is 0.370 e. The molecule has 0 unspecified atom stereocenters. The minimum atomic E-state index is -0.869. The average Bonchev–Trinajstić information content (AvgIpc) is 2.23. The molecule has 0 aliphatic rings. The van der Waals surface area contributed by atoms with Crippen LogP contribution in [0.25, 0.3) is 0 Å². The highest BCUT2D eigenvalue weighted by Crippen LogP contribution is 2.05. The first-order chi connectivity index (χ1) is 8.23. The van der Waals surface area contributed by atoms with Gasteiger partial charge in [0, 0.05) is 6.42 Å². The van der Waals surface area contributed by atoms with E-state index >= 15 is 0 Å². The van der Waals surface area contributed by atoms with Gasteiger partial charge in [0.2, 0.25) is 17.7 Å². The van der Waals surface area contributed by atoms with Crippen LogP contribution in [0.3, 0.4) is 0 Å².